The lowest BCUT2D eigenvalue weighted by atomic mass is 9.90. The molecule has 4 rings (SSSR count). The molecule has 2 aliphatic rings. The van der Waals surface area contributed by atoms with Gasteiger partial charge in [0.25, 0.3) is 5.91 Å². The second kappa shape index (κ2) is 6.70. The molecule has 2 aromatic rings. The zero-order valence-electron chi connectivity index (χ0n) is 13.6. The largest absolute Gasteiger partial charge is 0.459 e. The molecular weight excluding hydrogens is 324 g/mol. The molecule has 0 unspecified atom stereocenters. The van der Waals surface area contributed by atoms with E-state index in [1.807, 2.05) is 4.90 Å². The third kappa shape index (κ3) is 3.27. The Bertz CT molecular complexity index is 667. The van der Waals surface area contributed by atoms with E-state index in [2.05, 4.69) is 21.7 Å². The van der Waals surface area contributed by atoms with Crippen LogP contribution in [-0.4, -0.2) is 54.1 Å². The number of nitrogens with zero attached hydrogens (tertiary/aromatic N) is 2. The molecule has 5 nitrogen and oxygen atoms in total. The van der Waals surface area contributed by atoms with Gasteiger partial charge >= 0.3 is 0 Å². The highest BCUT2D eigenvalue weighted by Crippen LogP contribution is 2.30. The van der Waals surface area contributed by atoms with Crippen LogP contribution in [-0.2, 0) is 11.3 Å². The number of hydrogen-bond acceptors (Lipinski definition) is 5. The van der Waals surface area contributed by atoms with Crippen LogP contribution in [0.2, 0.25) is 0 Å². The lowest BCUT2D eigenvalue weighted by Gasteiger charge is -2.47. The average molecular weight is 346 g/mol. The fraction of sp³-hybridized carbons (Fsp3) is 0.500. The summed E-state index contributed by atoms with van der Waals surface area (Å²) in [7, 11) is 0. The third-order valence-corrected chi connectivity index (χ3v) is 5.60. The molecule has 1 amide bonds. The summed E-state index contributed by atoms with van der Waals surface area (Å²) in [6, 6.07) is 5.67. The van der Waals surface area contributed by atoms with E-state index in [1.165, 1.54) is 5.56 Å². The molecule has 2 fully saturated rings. The van der Waals surface area contributed by atoms with Crippen molar-refractivity contribution in [3.05, 3.63) is 46.5 Å². The summed E-state index contributed by atoms with van der Waals surface area (Å²) in [4.78, 5) is 16.9. The van der Waals surface area contributed by atoms with Gasteiger partial charge in [0.15, 0.2) is 5.76 Å². The van der Waals surface area contributed by atoms with Crippen molar-refractivity contribution in [1.82, 2.24) is 9.80 Å². The Kier molecular flexibility index (Phi) is 4.43. The van der Waals surface area contributed by atoms with Gasteiger partial charge in [0.2, 0.25) is 0 Å². The first kappa shape index (κ1) is 15.9. The smallest absolute Gasteiger partial charge is 0.289 e. The van der Waals surface area contributed by atoms with E-state index in [0.717, 1.165) is 45.6 Å². The zero-order valence-corrected chi connectivity index (χ0v) is 14.5. The number of furan rings is 1. The highest BCUT2D eigenvalue weighted by atomic mass is 32.1. The Labute approximate surface area is 145 Å². The predicted molar refractivity (Wildman–Crippen MR) is 92.1 cm³/mol. The number of thiophene rings is 1. The molecule has 0 bridgehead atoms. The van der Waals surface area contributed by atoms with Gasteiger partial charge in [-0.2, -0.15) is 11.3 Å². The van der Waals surface area contributed by atoms with E-state index in [4.69, 9.17) is 9.15 Å². The molecule has 0 radical (unpaired) electrons. The quantitative estimate of drug-likeness (QED) is 0.857. The number of amides is 1. The SMILES string of the molecule is O=C(c1ccco1)N1CCC[C@@]2(CN(Cc3ccsc3)CCO2)C1. The minimum Gasteiger partial charge on any atom is -0.459 e. The van der Waals surface area contributed by atoms with Gasteiger partial charge in [-0.25, -0.2) is 0 Å². The van der Waals surface area contributed by atoms with Crippen molar-refractivity contribution in [2.45, 2.75) is 25.0 Å². The van der Waals surface area contributed by atoms with Crippen molar-refractivity contribution in [1.29, 1.82) is 0 Å². The molecule has 2 aromatic heterocycles. The number of likely N-dealkylation sites (tertiary alicyclic amines) is 1. The van der Waals surface area contributed by atoms with Crippen LogP contribution in [0.1, 0.15) is 29.0 Å². The first-order valence-corrected chi connectivity index (χ1v) is 9.39. The Morgan fingerprint density at radius 1 is 1.29 bits per heavy atom. The van der Waals surface area contributed by atoms with Crippen molar-refractivity contribution in [3.63, 3.8) is 0 Å². The first-order valence-electron chi connectivity index (χ1n) is 8.44. The van der Waals surface area contributed by atoms with Gasteiger partial charge in [-0.3, -0.25) is 9.69 Å². The summed E-state index contributed by atoms with van der Waals surface area (Å²) >= 11 is 1.74. The maximum atomic E-state index is 12.6. The highest BCUT2D eigenvalue weighted by Gasteiger charge is 2.42. The summed E-state index contributed by atoms with van der Waals surface area (Å²) in [6.07, 6.45) is 3.53. The molecule has 2 aliphatic heterocycles. The molecular formula is C18H22N2O3S. The van der Waals surface area contributed by atoms with Crippen LogP contribution < -0.4 is 0 Å². The molecule has 128 valence electrons. The standard InChI is InChI=1S/C18H22N2O3S/c21-17(16-3-1-8-22-16)20-6-2-5-18(14-20)13-19(7-9-23-18)11-15-4-10-24-12-15/h1,3-4,8,10,12H,2,5-7,9,11,13-14H2/t18-/m1/s1. The van der Waals surface area contributed by atoms with Crippen LogP contribution in [0.3, 0.4) is 0 Å². The van der Waals surface area contributed by atoms with Gasteiger partial charge in [0.05, 0.1) is 25.0 Å². The summed E-state index contributed by atoms with van der Waals surface area (Å²) in [5, 5.41) is 4.33. The van der Waals surface area contributed by atoms with Crippen LogP contribution in [0.25, 0.3) is 0 Å². The van der Waals surface area contributed by atoms with Crippen LogP contribution in [0.5, 0.6) is 0 Å². The lowest BCUT2D eigenvalue weighted by Crippen LogP contribution is -2.60. The van der Waals surface area contributed by atoms with Crippen LogP contribution in [0, 0.1) is 0 Å². The fourth-order valence-electron chi connectivity index (χ4n) is 3.77. The van der Waals surface area contributed by atoms with Crippen LogP contribution >= 0.6 is 11.3 Å². The highest BCUT2D eigenvalue weighted by molar-refractivity contribution is 7.07. The number of carbonyl (C=O) groups is 1. The molecule has 0 aliphatic carbocycles. The van der Waals surface area contributed by atoms with Crippen LogP contribution in [0.4, 0.5) is 0 Å². The van der Waals surface area contributed by atoms with Crippen molar-refractivity contribution in [2.24, 2.45) is 0 Å². The summed E-state index contributed by atoms with van der Waals surface area (Å²) in [5.74, 6) is 0.385. The van der Waals surface area contributed by atoms with E-state index >= 15 is 0 Å². The predicted octanol–water partition coefficient (Wildman–Crippen LogP) is 2.85. The first-order chi connectivity index (χ1) is 11.7. The van der Waals surface area contributed by atoms with Gasteiger partial charge in [-0.05, 0) is 47.4 Å². The Morgan fingerprint density at radius 3 is 3.04 bits per heavy atom. The number of morpholine rings is 1. The molecule has 1 atom stereocenters. The average Bonchev–Trinajstić information content (AvgIpc) is 3.28. The molecule has 0 saturated carbocycles. The molecule has 2 saturated heterocycles. The summed E-state index contributed by atoms with van der Waals surface area (Å²) in [5.41, 5.74) is 1.12. The Morgan fingerprint density at radius 2 is 2.25 bits per heavy atom. The van der Waals surface area contributed by atoms with Crippen molar-refractivity contribution in [3.8, 4) is 0 Å². The zero-order chi connectivity index (χ0) is 16.4. The summed E-state index contributed by atoms with van der Waals surface area (Å²) < 4.78 is 11.5. The van der Waals surface area contributed by atoms with E-state index in [-0.39, 0.29) is 11.5 Å². The van der Waals surface area contributed by atoms with Crippen molar-refractivity contribution >= 4 is 17.2 Å². The van der Waals surface area contributed by atoms with Gasteiger partial charge in [0, 0.05) is 26.2 Å². The maximum Gasteiger partial charge on any atom is 0.289 e. The topological polar surface area (TPSA) is 45.9 Å². The Hall–Kier alpha value is -1.63. The number of hydrogen-bond donors (Lipinski definition) is 0. The van der Waals surface area contributed by atoms with Gasteiger partial charge < -0.3 is 14.1 Å². The van der Waals surface area contributed by atoms with Gasteiger partial charge in [-0.15, -0.1) is 0 Å². The monoisotopic (exact) mass is 346 g/mol. The number of rotatable bonds is 3. The second-order valence-corrected chi connectivity index (χ2v) is 7.46. The van der Waals surface area contributed by atoms with E-state index < -0.39 is 0 Å². The molecule has 1 spiro atoms. The number of carbonyl (C=O) groups excluding carboxylic acids is 1. The van der Waals surface area contributed by atoms with Crippen molar-refractivity contribution < 1.29 is 13.9 Å². The molecule has 4 heterocycles. The molecule has 24 heavy (non-hydrogen) atoms. The van der Waals surface area contributed by atoms with Crippen molar-refractivity contribution in [2.75, 3.05) is 32.8 Å². The van der Waals surface area contributed by atoms with Crippen LogP contribution in [0.15, 0.2) is 39.6 Å². The minimum absolute atomic E-state index is 0.0300. The number of piperidine rings is 1. The van der Waals surface area contributed by atoms with E-state index in [1.54, 1.807) is 29.7 Å². The normalized spacial score (nSPS) is 25.2. The van der Waals surface area contributed by atoms with E-state index in [0.29, 0.717) is 12.3 Å². The fourth-order valence-corrected chi connectivity index (χ4v) is 4.43. The number of ether oxygens (including phenoxy) is 1. The van der Waals surface area contributed by atoms with Gasteiger partial charge in [-0.1, -0.05) is 0 Å². The third-order valence-electron chi connectivity index (χ3n) is 4.87. The summed E-state index contributed by atoms with van der Waals surface area (Å²) in [6.45, 7) is 4.93. The lowest BCUT2D eigenvalue weighted by molar-refractivity contribution is -0.136. The Balaban J connectivity index is 1.44. The molecule has 6 heteroatoms. The maximum absolute atomic E-state index is 12.6. The minimum atomic E-state index is -0.241. The van der Waals surface area contributed by atoms with Gasteiger partial charge in [0.1, 0.15) is 0 Å². The second-order valence-electron chi connectivity index (χ2n) is 6.68. The molecule has 0 N–H and O–H groups in total. The van der Waals surface area contributed by atoms with E-state index in [9.17, 15) is 4.79 Å². The molecule has 0 aromatic carbocycles.